The standard InChI is InChI=1S/C19H28N4O2/c24-18(13-17-7-4-10-20-17)21-16-8-11-23(12-9-16)14-19(25)22-15-5-2-1-3-6-15/h1-3,5-6,16-17,20H,4,7-14H2,(H,21,24)(H,22,25). The maximum absolute atomic E-state index is 12.1. The molecule has 6 nitrogen and oxygen atoms in total. The molecule has 0 radical (unpaired) electrons. The van der Waals surface area contributed by atoms with Crippen molar-refractivity contribution < 1.29 is 9.59 Å². The monoisotopic (exact) mass is 344 g/mol. The van der Waals surface area contributed by atoms with Crippen LogP contribution in [0, 0.1) is 0 Å². The summed E-state index contributed by atoms with van der Waals surface area (Å²) in [5, 5.41) is 9.43. The van der Waals surface area contributed by atoms with Gasteiger partial charge in [-0.2, -0.15) is 0 Å². The Kier molecular flexibility index (Phi) is 6.42. The second-order valence-corrected chi connectivity index (χ2v) is 7.03. The van der Waals surface area contributed by atoms with Crippen LogP contribution in [0.2, 0.25) is 0 Å². The van der Waals surface area contributed by atoms with Gasteiger partial charge in [0.2, 0.25) is 11.8 Å². The third-order valence-corrected chi connectivity index (χ3v) is 4.97. The molecular weight excluding hydrogens is 316 g/mol. The number of anilines is 1. The van der Waals surface area contributed by atoms with Crippen molar-refractivity contribution in [2.45, 2.75) is 44.2 Å². The highest BCUT2D eigenvalue weighted by molar-refractivity contribution is 5.92. The molecule has 0 aliphatic carbocycles. The Hall–Kier alpha value is -1.92. The molecule has 6 heteroatoms. The average molecular weight is 344 g/mol. The van der Waals surface area contributed by atoms with Crippen LogP contribution in [0.3, 0.4) is 0 Å². The normalized spacial score (nSPS) is 21.8. The van der Waals surface area contributed by atoms with Crippen LogP contribution in [0.25, 0.3) is 0 Å². The lowest BCUT2D eigenvalue weighted by molar-refractivity contribution is -0.123. The largest absolute Gasteiger partial charge is 0.353 e. The third kappa shape index (κ3) is 5.83. The average Bonchev–Trinajstić information content (AvgIpc) is 3.10. The van der Waals surface area contributed by atoms with E-state index in [2.05, 4.69) is 20.9 Å². The van der Waals surface area contributed by atoms with Crippen molar-refractivity contribution in [3.05, 3.63) is 30.3 Å². The number of nitrogens with zero attached hydrogens (tertiary/aromatic N) is 1. The summed E-state index contributed by atoms with van der Waals surface area (Å²) in [5.74, 6) is 0.167. The van der Waals surface area contributed by atoms with Gasteiger partial charge in [0.05, 0.1) is 6.54 Å². The van der Waals surface area contributed by atoms with Gasteiger partial charge in [-0.05, 0) is 44.4 Å². The quantitative estimate of drug-likeness (QED) is 0.728. The number of rotatable bonds is 6. The van der Waals surface area contributed by atoms with Gasteiger partial charge in [0.1, 0.15) is 0 Å². The van der Waals surface area contributed by atoms with Gasteiger partial charge in [-0.25, -0.2) is 0 Å². The first-order chi connectivity index (χ1) is 12.2. The number of amides is 2. The van der Waals surface area contributed by atoms with Gasteiger partial charge >= 0.3 is 0 Å². The summed E-state index contributed by atoms with van der Waals surface area (Å²) in [6.07, 6.45) is 4.66. The molecule has 1 unspecified atom stereocenters. The number of likely N-dealkylation sites (tertiary alicyclic amines) is 1. The highest BCUT2D eigenvalue weighted by atomic mass is 16.2. The Bertz CT molecular complexity index is 564. The fourth-order valence-electron chi connectivity index (χ4n) is 3.60. The number of carbonyl (C=O) groups is 2. The van der Waals surface area contributed by atoms with Crippen LogP contribution in [-0.4, -0.2) is 55.0 Å². The summed E-state index contributed by atoms with van der Waals surface area (Å²) in [6, 6.07) is 10.1. The first-order valence-corrected chi connectivity index (χ1v) is 9.29. The number of carbonyl (C=O) groups excluding carboxylic acids is 2. The number of para-hydroxylation sites is 1. The van der Waals surface area contributed by atoms with E-state index in [-0.39, 0.29) is 17.9 Å². The second-order valence-electron chi connectivity index (χ2n) is 7.03. The molecule has 3 N–H and O–H groups in total. The van der Waals surface area contributed by atoms with E-state index >= 15 is 0 Å². The molecule has 2 aliphatic rings. The van der Waals surface area contributed by atoms with E-state index in [1.807, 2.05) is 30.3 Å². The number of hydrogen-bond donors (Lipinski definition) is 3. The molecule has 0 spiro atoms. The van der Waals surface area contributed by atoms with Gasteiger partial charge in [-0.1, -0.05) is 18.2 Å². The predicted octanol–water partition coefficient (Wildman–Crippen LogP) is 1.35. The minimum Gasteiger partial charge on any atom is -0.353 e. The third-order valence-electron chi connectivity index (χ3n) is 4.97. The molecule has 25 heavy (non-hydrogen) atoms. The van der Waals surface area contributed by atoms with Crippen molar-refractivity contribution >= 4 is 17.5 Å². The lowest BCUT2D eigenvalue weighted by Gasteiger charge is -2.32. The summed E-state index contributed by atoms with van der Waals surface area (Å²) in [7, 11) is 0. The van der Waals surface area contributed by atoms with Crippen LogP contribution in [0.4, 0.5) is 5.69 Å². The lowest BCUT2D eigenvalue weighted by atomic mass is 10.0. The lowest BCUT2D eigenvalue weighted by Crippen LogP contribution is -2.47. The SMILES string of the molecule is O=C(CN1CCC(NC(=O)CC2CCCN2)CC1)Nc1ccccc1. The van der Waals surface area contributed by atoms with Crippen LogP contribution in [0.5, 0.6) is 0 Å². The number of hydrogen-bond acceptors (Lipinski definition) is 4. The van der Waals surface area contributed by atoms with E-state index in [0.29, 0.717) is 19.0 Å². The van der Waals surface area contributed by atoms with E-state index in [1.54, 1.807) is 0 Å². The zero-order valence-corrected chi connectivity index (χ0v) is 14.7. The fourth-order valence-corrected chi connectivity index (χ4v) is 3.60. The summed E-state index contributed by atoms with van der Waals surface area (Å²) < 4.78 is 0. The molecule has 0 saturated carbocycles. The summed E-state index contributed by atoms with van der Waals surface area (Å²) in [5.41, 5.74) is 0.829. The molecule has 1 atom stereocenters. The molecule has 2 amide bonds. The Labute approximate surface area is 149 Å². The summed E-state index contributed by atoms with van der Waals surface area (Å²) in [6.45, 7) is 3.12. The fraction of sp³-hybridized carbons (Fsp3) is 0.579. The molecule has 2 fully saturated rings. The van der Waals surface area contributed by atoms with E-state index < -0.39 is 0 Å². The first-order valence-electron chi connectivity index (χ1n) is 9.29. The Balaban J connectivity index is 1.34. The number of benzene rings is 1. The van der Waals surface area contributed by atoms with Gasteiger partial charge in [0.15, 0.2) is 0 Å². The second kappa shape index (κ2) is 8.97. The zero-order valence-electron chi connectivity index (χ0n) is 14.7. The predicted molar refractivity (Wildman–Crippen MR) is 98.3 cm³/mol. The molecule has 2 heterocycles. The first kappa shape index (κ1) is 17.9. The highest BCUT2D eigenvalue weighted by Crippen LogP contribution is 2.13. The van der Waals surface area contributed by atoms with Crippen LogP contribution >= 0.6 is 0 Å². The maximum Gasteiger partial charge on any atom is 0.238 e. The van der Waals surface area contributed by atoms with Crippen molar-refractivity contribution in [1.29, 1.82) is 0 Å². The minimum absolute atomic E-state index is 0.0148. The van der Waals surface area contributed by atoms with Crippen molar-refractivity contribution in [3.8, 4) is 0 Å². The van der Waals surface area contributed by atoms with Gasteiger partial charge in [0, 0.05) is 37.3 Å². The van der Waals surface area contributed by atoms with Crippen molar-refractivity contribution in [2.24, 2.45) is 0 Å². The van der Waals surface area contributed by atoms with E-state index in [0.717, 1.165) is 44.6 Å². The van der Waals surface area contributed by atoms with Crippen LogP contribution < -0.4 is 16.0 Å². The van der Waals surface area contributed by atoms with Crippen molar-refractivity contribution in [1.82, 2.24) is 15.5 Å². The maximum atomic E-state index is 12.1. The summed E-state index contributed by atoms with van der Waals surface area (Å²) in [4.78, 5) is 26.4. The smallest absolute Gasteiger partial charge is 0.238 e. The number of nitrogens with one attached hydrogen (secondary N) is 3. The van der Waals surface area contributed by atoms with Gasteiger partial charge in [-0.3, -0.25) is 14.5 Å². The van der Waals surface area contributed by atoms with E-state index in [4.69, 9.17) is 0 Å². The van der Waals surface area contributed by atoms with Crippen molar-refractivity contribution in [2.75, 3.05) is 31.5 Å². The van der Waals surface area contributed by atoms with E-state index in [1.165, 1.54) is 6.42 Å². The number of piperidine rings is 1. The van der Waals surface area contributed by atoms with Crippen LogP contribution in [0.1, 0.15) is 32.1 Å². The highest BCUT2D eigenvalue weighted by Gasteiger charge is 2.24. The molecule has 3 rings (SSSR count). The topological polar surface area (TPSA) is 73.5 Å². The van der Waals surface area contributed by atoms with Gasteiger partial charge < -0.3 is 16.0 Å². The minimum atomic E-state index is 0.0148. The summed E-state index contributed by atoms with van der Waals surface area (Å²) >= 11 is 0. The van der Waals surface area contributed by atoms with Crippen LogP contribution in [0.15, 0.2) is 30.3 Å². The van der Waals surface area contributed by atoms with Crippen LogP contribution in [-0.2, 0) is 9.59 Å². The molecule has 0 bridgehead atoms. The van der Waals surface area contributed by atoms with Gasteiger partial charge in [-0.15, -0.1) is 0 Å². The molecule has 0 aromatic heterocycles. The molecule has 2 aliphatic heterocycles. The van der Waals surface area contributed by atoms with Gasteiger partial charge in [0.25, 0.3) is 0 Å². The zero-order chi connectivity index (χ0) is 17.5. The Morgan fingerprint density at radius 3 is 2.52 bits per heavy atom. The van der Waals surface area contributed by atoms with E-state index in [9.17, 15) is 9.59 Å². The Morgan fingerprint density at radius 2 is 1.84 bits per heavy atom. The molecule has 1 aromatic rings. The molecular formula is C19H28N4O2. The van der Waals surface area contributed by atoms with Crippen molar-refractivity contribution in [3.63, 3.8) is 0 Å². The Morgan fingerprint density at radius 1 is 1.08 bits per heavy atom. The molecule has 136 valence electrons. The molecule has 1 aromatic carbocycles. The molecule has 2 saturated heterocycles.